The minimum absolute atomic E-state index is 0.147. The molecule has 2 heterocycles. The summed E-state index contributed by atoms with van der Waals surface area (Å²) in [6.45, 7) is 3.61. The Balaban J connectivity index is 2.05. The van der Waals surface area contributed by atoms with E-state index in [9.17, 15) is 18.9 Å². The summed E-state index contributed by atoms with van der Waals surface area (Å²) >= 11 is 0. The fourth-order valence-electron chi connectivity index (χ4n) is 2.61. The van der Waals surface area contributed by atoms with Gasteiger partial charge in [0, 0.05) is 41.9 Å². The second-order valence-electron chi connectivity index (χ2n) is 4.95. The number of carbonyl (C=O) groups excluding carboxylic acids is 1. The van der Waals surface area contributed by atoms with Crippen LogP contribution in [0.4, 0.5) is 4.79 Å². The fraction of sp³-hybridized carbons (Fsp3) is 0.833. The van der Waals surface area contributed by atoms with Gasteiger partial charge >= 0.3 is 12.0 Å². The number of aliphatic carboxylic acids is 1. The first-order chi connectivity index (χ1) is 9.54. The smallest absolute Gasteiger partial charge is 0.320 e. The number of nitrogens with zero attached hydrogens (tertiary/aromatic N) is 2. The van der Waals surface area contributed by atoms with Crippen molar-refractivity contribution in [2.45, 2.75) is 13.0 Å². The molecule has 0 radical (unpaired) electrons. The normalized spacial score (nSPS) is 27.6. The second-order valence-corrected chi connectivity index (χ2v) is 6.65. The van der Waals surface area contributed by atoms with Gasteiger partial charge in [-0.25, -0.2) is 4.79 Å². The molecule has 1 N–H and O–H groups in total. The van der Waals surface area contributed by atoms with Crippen LogP contribution in [0.25, 0.3) is 0 Å². The molecular formula is C12H20N2O5S. The Labute approximate surface area is 120 Å². The van der Waals surface area contributed by atoms with Crippen molar-refractivity contribution in [2.24, 2.45) is 5.92 Å². The number of carboxylic acid groups (broad SMARTS) is 1. The van der Waals surface area contributed by atoms with Crippen molar-refractivity contribution in [1.82, 2.24) is 9.80 Å². The van der Waals surface area contributed by atoms with Gasteiger partial charge in [0.1, 0.15) is 5.92 Å². The average molecular weight is 304 g/mol. The summed E-state index contributed by atoms with van der Waals surface area (Å²) in [4.78, 5) is 26.9. The largest absolute Gasteiger partial charge is 0.481 e. The van der Waals surface area contributed by atoms with Crippen LogP contribution < -0.4 is 0 Å². The Hall–Kier alpha value is -1.15. The van der Waals surface area contributed by atoms with Gasteiger partial charge in [0.25, 0.3) is 0 Å². The summed E-state index contributed by atoms with van der Waals surface area (Å²) in [6.07, 6.45) is 0. The lowest BCUT2D eigenvalue weighted by Crippen LogP contribution is -2.54. The zero-order valence-electron chi connectivity index (χ0n) is 11.5. The van der Waals surface area contributed by atoms with Gasteiger partial charge in [-0.15, -0.1) is 0 Å². The number of hydrogen-bond donors (Lipinski definition) is 1. The molecule has 0 aliphatic carbocycles. The van der Waals surface area contributed by atoms with E-state index < -0.39 is 28.7 Å². The van der Waals surface area contributed by atoms with Gasteiger partial charge in [0.15, 0.2) is 0 Å². The van der Waals surface area contributed by atoms with E-state index in [0.29, 0.717) is 31.1 Å². The Morgan fingerprint density at radius 3 is 2.55 bits per heavy atom. The van der Waals surface area contributed by atoms with E-state index in [2.05, 4.69) is 0 Å². The van der Waals surface area contributed by atoms with Crippen LogP contribution in [-0.2, 0) is 20.3 Å². The van der Waals surface area contributed by atoms with Crippen molar-refractivity contribution in [3.63, 3.8) is 0 Å². The van der Waals surface area contributed by atoms with E-state index in [1.165, 1.54) is 0 Å². The van der Waals surface area contributed by atoms with Crippen molar-refractivity contribution in [3.05, 3.63) is 0 Å². The first-order valence-corrected chi connectivity index (χ1v) is 8.24. The summed E-state index contributed by atoms with van der Waals surface area (Å²) in [5, 5.41) is 9.18. The zero-order chi connectivity index (χ0) is 14.7. The van der Waals surface area contributed by atoms with E-state index in [1.54, 1.807) is 9.80 Å². The lowest BCUT2D eigenvalue weighted by Gasteiger charge is -2.36. The molecule has 2 saturated heterocycles. The number of hydrogen-bond acceptors (Lipinski definition) is 4. The first-order valence-electron chi connectivity index (χ1n) is 6.75. The molecule has 2 rings (SSSR count). The molecule has 7 nitrogen and oxygen atoms in total. The third kappa shape index (κ3) is 3.12. The summed E-state index contributed by atoms with van der Waals surface area (Å²) in [5.74, 6) is -0.615. The summed E-state index contributed by atoms with van der Waals surface area (Å²) < 4.78 is 16.6. The number of carbonyl (C=O) groups is 2. The Kier molecular flexibility index (Phi) is 4.98. The quantitative estimate of drug-likeness (QED) is 0.766. The van der Waals surface area contributed by atoms with E-state index in [-0.39, 0.29) is 19.2 Å². The molecule has 2 atom stereocenters. The molecule has 0 bridgehead atoms. The highest BCUT2D eigenvalue weighted by Crippen LogP contribution is 2.21. The van der Waals surface area contributed by atoms with Crippen LogP contribution in [0.2, 0.25) is 0 Å². The van der Waals surface area contributed by atoms with E-state index in [4.69, 9.17) is 4.74 Å². The van der Waals surface area contributed by atoms with Crippen LogP contribution >= 0.6 is 0 Å². The molecule has 2 aliphatic rings. The molecule has 8 heteroatoms. The molecule has 2 amide bonds. The molecule has 0 spiro atoms. The van der Waals surface area contributed by atoms with Crippen LogP contribution in [-0.4, -0.2) is 81.5 Å². The molecule has 0 aromatic carbocycles. The van der Waals surface area contributed by atoms with Crippen LogP contribution in [0.5, 0.6) is 0 Å². The zero-order valence-corrected chi connectivity index (χ0v) is 12.3. The van der Waals surface area contributed by atoms with Crippen molar-refractivity contribution in [1.29, 1.82) is 0 Å². The summed E-state index contributed by atoms with van der Waals surface area (Å²) in [6, 6.07) is -0.594. The van der Waals surface area contributed by atoms with Crippen molar-refractivity contribution in [2.75, 3.05) is 44.4 Å². The molecule has 2 unspecified atom stereocenters. The predicted molar refractivity (Wildman–Crippen MR) is 73.0 cm³/mol. The number of rotatable bonds is 3. The standard InChI is InChI=1S/C12H20N2O5S/c1-2-14(10-8-19-7-9(10)11(15)16)12(17)13-3-5-20(18)6-4-13/h9-10H,2-8H2,1H3,(H,15,16). The second kappa shape index (κ2) is 6.53. The molecule has 0 aromatic heterocycles. The number of ether oxygens (including phenoxy) is 1. The minimum atomic E-state index is -0.932. The van der Waals surface area contributed by atoms with Crippen molar-refractivity contribution in [3.8, 4) is 0 Å². The van der Waals surface area contributed by atoms with Crippen molar-refractivity contribution < 1.29 is 23.6 Å². The summed E-state index contributed by atoms with van der Waals surface area (Å²) in [7, 11) is -0.840. The van der Waals surface area contributed by atoms with Gasteiger partial charge in [0.05, 0.1) is 19.3 Å². The van der Waals surface area contributed by atoms with Gasteiger partial charge in [-0.05, 0) is 6.92 Å². The number of urea groups is 1. The maximum absolute atomic E-state index is 12.5. The van der Waals surface area contributed by atoms with Gasteiger partial charge in [0.2, 0.25) is 0 Å². The fourth-order valence-corrected chi connectivity index (χ4v) is 3.66. The molecule has 2 fully saturated rings. The van der Waals surface area contributed by atoms with Crippen LogP contribution in [0.15, 0.2) is 0 Å². The molecule has 114 valence electrons. The van der Waals surface area contributed by atoms with E-state index >= 15 is 0 Å². The maximum Gasteiger partial charge on any atom is 0.320 e. The maximum atomic E-state index is 12.5. The van der Waals surface area contributed by atoms with Crippen molar-refractivity contribution >= 4 is 22.8 Å². The lowest BCUT2D eigenvalue weighted by molar-refractivity contribution is -0.142. The highest BCUT2D eigenvalue weighted by atomic mass is 32.2. The lowest BCUT2D eigenvalue weighted by atomic mass is 10.0. The van der Waals surface area contributed by atoms with Crippen LogP contribution in [0, 0.1) is 5.92 Å². The summed E-state index contributed by atoms with van der Waals surface area (Å²) in [5.41, 5.74) is 0. The van der Waals surface area contributed by atoms with Crippen LogP contribution in [0.1, 0.15) is 6.92 Å². The highest BCUT2D eigenvalue weighted by molar-refractivity contribution is 7.85. The molecule has 2 aliphatic heterocycles. The Morgan fingerprint density at radius 2 is 2.00 bits per heavy atom. The minimum Gasteiger partial charge on any atom is -0.481 e. The Morgan fingerprint density at radius 1 is 1.35 bits per heavy atom. The number of carboxylic acids is 1. The topological polar surface area (TPSA) is 87.2 Å². The van der Waals surface area contributed by atoms with E-state index in [0.717, 1.165) is 0 Å². The monoisotopic (exact) mass is 304 g/mol. The third-order valence-corrected chi connectivity index (χ3v) is 5.08. The van der Waals surface area contributed by atoms with Crippen LogP contribution in [0.3, 0.4) is 0 Å². The predicted octanol–water partition coefficient (Wildman–Crippen LogP) is -0.408. The molecular weight excluding hydrogens is 284 g/mol. The highest BCUT2D eigenvalue weighted by Gasteiger charge is 2.40. The van der Waals surface area contributed by atoms with E-state index in [1.807, 2.05) is 6.92 Å². The Bertz CT molecular complexity index is 407. The van der Waals surface area contributed by atoms with Gasteiger partial charge in [-0.1, -0.05) is 0 Å². The first kappa shape index (κ1) is 15.2. The average Bonchev–Trinajstić information content (AvgIpc) is 2.89. The van der Waals surface area contributed by atoms with Gasteiger partial charge in [-0.3, -0.25) is 9.00 Å². The number of amides is 2. The van der Waals surface area contributed by atoms with Gasteiger partial charge < -0.3 is 19.6 Å². The van der Waals surface area contributed by atoms with Gasteiger partial charge in [-0.2, -0.15) is 0 Å². The number of likely N-dealkylation sites (N-methyl/N-ethyl adjacent to an activating group) is 1. The third-order valence-electron chi connectivity index (χ3n) is 3.80. The SMILES string of the molecule is CCN(C(=O)N1CCS(=O)CC1)C1COCC1C(=O)O. The molecule has 0 aromatic rings. The molecule has 0 saturated carbocycles. The molecule has 20 heavy (non-hydrogen) atoms.